The molecule has 1 unspecified atom stereocenters. The first kappa shape index (κ1) is 18.2. The Labute approximate surface area is 112 Å². The number of alkyl halides is 3. The molecule has 0 rings (SSSR count). The average molecular weight is 300 g/mol. The minimum Gasteiger partial charge on any atom is -0.480 e. The molecule has 0 aromatic heterocycles. The summed E-state index contributed by atoms with van der Waals surface area (Å²) in [4.78, 5) is 32.5. The van der Waals surface area contributed by atoms with E-state index in [0.717, 1.165) is 0 Å². The van der Waals surface area contributed by atoms with Crippen LogP contribution in [-0.4, -0.2) is 48.3 Å². The molecule has 0 radical (unpaired) electrons. The second-order valence-corrected chi connectivity index (χ2v) is 3.88. The van der Waals surface area contributed by atoms with Crippen LogP contribution >= 0.6 is 0 Å². The van der Waals surface area contributed by atoms with Crippen molar-refractivity contribution >= 4 is 17.8 Å². The fourth-order valence-electron chi connectivity index (χ4n) is 1.16. The van der Waals surface area contributed by atoms with E-state index in [1.165, 1.54) is 0 Å². The quantitative estimate of drug-likeness (QED) is 0.509. The van der Waals surface area contributed by atoms with Crippen molar-refractivity contribution in [1.82, 2.24) is 5.32 Å². The van der Waals surface area contributed by atoms with Crippen LogP contribution in [0.1, 0.15) is 19.3 Å². The summed E-state index contributed by atoms with van der Waals surface area (Å²) in [6.45, 7) is -1.97. The number of rotatable bonds is 9. The monoisotopic (exact) mass is 300 g/mol. The highest BCUT2D eigenvalue weighted by molar-refractivity contribution is 5.84. The lowest BCUT2D eigenvalue weighted by Crippen LogP contribution is -2.41. The molecule has 1 atom stereocenters. The van der Waals surface area contributed by atoms with Gasteiger partial charge in [0.25, 0.3) is 0 Å². The van der Waals surface area contributed by atoms with Crippen molar-refractivity contribution < 1.29 is 37.4 Å². The van der Waals surface area contributed by atoms with Crippen LogP contribution in [0.4, 0.5) is 13.2 Å². The average Bonchev–Trinajstić information content (AvgIpc) is 2.28. The van der Waals surface area contributed by atoms with Gasteiger partial charge in [0.1, 0.15) is 12.6 Å². The molecular weight excluding hydrogens is 285 g/mol. The third-order valence-corrected chi connectivity index (χ3v) is 2.05. The van der Waals surface area contributed by atoms with Gasteiger partial charge in [-0.05, 0) is 6.42 Å². The summed E-state index contributed by atoms with van der Waals surface area (Å²) in [5.41, 5.74) is 4.84. The van der Waals surface area contributed by atoms with Crippen molar-refractivity contribution in [3.05, 3.63) is 0 Å². The van der Waals surface area contributed by atoms with Gasteiger partial charge in [-0.3, -0.25) is 9.59 Å². The lowest BCUT2D eigenvalue weighted by atomic mass is 10.1. The number of carbonyl (C=O) groups is 3. The predicted octanol–water partition coefficient (Wildman–Crippen LogP) is -0.210. The van der Waals surface area contributed by atoms with E-state index in [9.17, 15) is 27.6 Å². The van der Waals surface area contributed by atoms with Crippen molar-refractivity contribution in [2.75, 3.05) is 13.2 Å². The first-order valence-electron chi connectivity index (χ1n) is 5.57. The van der Waals surface area contributed by atoms with E-state index < -0.39 is 49.6 Å². The maximum Gasteiger partial charge on any atom is 0.411 e. The molecule has 2 amide bonds. The van der Waals surface area contributed by atoms with E-state index in [4.69, 9.17) is 10.8 Å². The zero-order valence-electron chi connectivity index (χ0n) is 10.4. The summed E-state index contributed by atoms with van der Waals surface area (Å²) in [6.07, 6.45) is -5.33. The Bertz CT molecular complexity index is 359. The zero-order chi connectivity index (χ0) is 15.8. The second-order valence-electron chi connectivity index (χ2n) is 3.88. The van der Waals surface area contributed by atoms with Crippen LogP contribution in [0.3, 0.4) is 0 Å². The summed E-state index contributed by atoms with van der Waals surface area (Å²) < 4.78 is 39.4. The zero-order valence-corrected chi connectivity index (χ0v) is 10.4. The standard InChI is InChI=1S/C10H15F3N2O5/c11-10(12,13)5-20-4-3-8(17)15-6(9(18)19)1-2-7(14)16/h6H,1-5H2,(H2,14,16)(H,15,17)(H,18,19). The van der Waals surface area contributed by atoms with Gasteiger partial charge in [0.15, 0.2) is 0 Å². The minimum absolute atomic E-state index is 0.195. The molecule has 0 heterocycles. The van der Waals surface area contributed by atoms with Crippen molar-refractivity contribution in [2.45, 2.75) is 31.5 Å². The number of nitrogens with two attached hydrogens (primary N) is 1. The molecule has 7 nitrogen and oxygen atoms in total. The van der Waals surface area contributed by atoms with Crippen LogP contribution in [0.5, 0.6) is 0 Å². The van der Waals surface area contributed by atoms with E-state index in [1.807, 2.05) is 0 Å². The van der Waals surface area contributed by atoms with E-state index >= 15 is 0 Å². The van der Waals surface area contributed by atoms with Crippen LogP contribution in [-0.2, 0) is 19.1 Å². The highest BCUT2D eigenvalue weighted by Gasteiger charge is 2.27. The van der Waals surface area contributed by atoms with Crippen LogP contribution in [0.15, 0.2) is 0 Å². The summed E-state index contributed by atoms with van der Waals surface area (Å²) >= 11 is 0. The smallest absolute Gasteiger partial charge is 0.411 e. The molecule has 0 fully saturated rings. The molecule has 10 heteroatoms. The molecule has 0 saturated heterocycles. The van der Waals surface area contributed by atoms with Crippen molar-refractivity contribution in [1.29, 1.82) is 0 Å². The highest BCUT2D eigenvalue weighted by Crippen LogP contribution is 2.14. The van der Waals surface area contributed by atoms with Gasteiger partial charge in [-0.1, -0.05) is 0 Å². The fraction of sp³-hybridized carbons (Fsp3) is 0.700. The van der Waals surface area contributed by atoms with E-state index in [-0.39, 0.29) is 12.8 Å². The minimum atomic E-state index is -4.48. The number of primary amides is 1. The Kier molecular flexibility index (Phi) is 7.59. The lowest BCUT2D eigenvalue weighted by molar-refractivity contribution is -0.174. The number of nitrogens with one attached hydrogen (secondary N) is 1. The summed E-state index contributed by atoms with van der Waals surface area (Å²) in [7, 11) is 0. The Morgan fingerprint density at radius 1 is 1.25 bits per heavy atom. The van der Waals surface area contributed by atoms with Gasteiger partial charge in [0.05, 0.1) is 6.61 Å². The molecule has 4 N–H and O–H groups in total. The second kappa shape index (κ2) is 8.35. The number of ether oxygens (including phenoxy) is 1. The number of carboxylic acid groups (broad SMARTS) is 1. The largest absolute Gasteiger partial charge is 0.480 e. The van der Waals surface area contributed by atoms with E-state index in [1.54, 1.807) is 0 Å². The van der Waals surface area contributed by atoms with Gasteiger partial charge >= 0.3 is 12.1 Å². The molecule has 0 aliphatic heterocycles. The van der Waals surface area contributed by atoms with Crippen LogP contribution in [0, 0.1) is 0 Å². The molecule has 0 bridgehead atoms. The third kappa shape index (κ3) is 10.1. The lowest BCUT2D eigenvalue weighted by Gasteiger charge is -2.14. The number of aliphatic carboxylic acids is 1. The molecule has 0 aromatic rings. The molecule has 0 aliphatic carbocycles. The molecule has 0 aromatic carbocycles. The van der Waals surface area contributed by atoms with Gasteiger partial charge in [-0.25, -0.2) is 4.79 Å². The topological polar surface area (TPSA) is 119 Å². The van der Waals surface area contributed by atoms with E-state index in [0.29, 0.717) is 0 Å². The van der Waals surface area contributed by atoms with E-state index in [2.05, 4.69) is 10.1 Å². The SMILES string of the molecule is NC(=O)CCC(NC(=O)CCOCC(F)(F)F)C(=O)O. The first-order valence-corrected chi connectivity index (χ1v) is 5.57. The van der Waals surface area contributed by atoms with Crippen LogP contribution in [0.2, 0.25) is 0 Å². The molecule has 0 saturated carbocycles. The number of hydrogen-bond donors (Lipinski definition) is 3. The molecule has 20 heavy (non-hydrogen) atoms. The maximum atomic E-state index is 11.7. The molecule has 116 valence electrons. The number of halogens is 3. The Morgan fingerprint density at radius 2 is 1.85 bits per heavy atom. The Balaban J connectivity index is 4.01. The van der Waals surface area contributed by atoms with Gasteiger partial charge in [0, 0.05) is 12.8 Å². The Hall–Kier alpha value is -1.84. The van der Waals surface area contributed by atoms with Crippen LogP contribution < -0.4 is 11.1 Å². The molecule has 0 aliphatic rings. The van der Waals surface area contributed by atoms with Crippen molar-refractivity contribution in [2.24, 2.45) is 5.73 Å². The summed E-state index contributed by atoms with van der Waals surface area (Å²) in [5.74, 6) is -2.88. The van der Waals surface area contributed by atoms with Gasteiger partial charge in [-0.15, -0.1) is 0 Å². The third-order valence-electron chi connectivity index (χ3n) is 2.05. The van der Waals surface area contributed by atoms with Crippen LogP contribution in [0.25, 0.3) is 0 Å². The predicted molar refractivity (Wildman–Crippen MR) is 59.5 cm³/mol. The summed E-state index contributed by atoms with van der Waals surface area (Å²) in [6, 6.07) is -1.32. The van der Waals surface area contributed by atoms with Crippen molar-refractivity contribution in [3.8, 4) is 0 Å². The summed E-state index contributed by atoms with van der Waals surface area (Å²) in [5, 5.41) is 10.8. The normalized spacial score (nSPS) is 12.8. The first-order chi connectivity index (χ1) is 9.11. The number of carbonyl (C=O) groups excluding carboxylic acids is 2. The van der Waals surface area contributed by atoms with Gasteiger partial charge in [0.2, 0.25) is 11.8 Å². The highest BCUT2D eigenvalue weighted by atomic mass is 19.4. The number of amides is 2. The maximum absolute atomic E-state index is 11.7. The molecule has 0 spiro atoms. The van der Waals surface area contributed by atoms with Crippen molar-refractivity contribution in [3.63, 3.8) is 0 Å². The van der Waals surface area contributed by atoms with Gasteiger partial charge in [-0.2, -0.15) is 13.2 Å². The Morgan fingerprint density at radius 3 is 2.30 bits per heavy atom. The molecular formula is C10H15F3N2O5. The fourth-order valence-corrected chi connectivity index (χ4v) is 1.16. The van der Waals surface area contributed by atoms with Gasteiger partial charge < -0.3 is 20.9 Å². The number of hydrogen-bond acceptors (Lipinski definition) is 4. The number of carboxylic acids is 1.